The number of amides is 1. The van der Waals surface area contributed by atoms with Crippen LogP contribution in [0.5, 0.6) is 0 Å². The Morgan fingerprint density at radius 3 is 2.39 bits per heavy atom. The molecular weight excluding hydrogens is 420 g/mol. The van der Waals surface area contributed by atoms with Crippen LogP contribution in [0.15, 0.2) is 60.7 Å². The summed E-state index contributed by atoms with van der Waals surface area (Å²) in [6.07, 6.45) is 2.35. The third-order valence-corrected chi connectivity index (χ3v) is 5.99. The minimum atomic E-state index is -1.05. The fourth-order valence-corrected chi connectivity index (χ4v) is 4.33. The van der Waals surface area contributed by atoms with Gasteiger partial charge in [-0.25, -0.2) is 0 Å². The van der Waals surface area contributed by atoms with Gasteiger partial charge in [0, 0.05) is 12.5 Å². The molecule has 1 saturated heterocycles. The van der Waals surface area contributed by atoms with Crippen LogP contribution in [0, 0.1) is 0 Å². The first kappa shape index (κ1) is 24.5. The zero-order valence-electron chi connectivity index (χ0n) is 19.0. The summed E-state index contributed by atoms with van der Waals surface area (Å²) in [4.78, 5) is 38.8. The molecule has 3 rings (SSSR count). The predicted octanol–water partition coefficient (Wildman–Crippen LogP) is 3.00. The number of carboxylic acid groups (broad SMARTS) is 1. The molecule has 1 heterocycles. The van der Waals surface area contributed by atoms with E-state index in [1.807, 2.05) is 60.7 Å². The van der Waals surface area contributed by atoms with E-state index >= 15 is 0 Å². The van der Waals surface area contributed by atoms with Crippen LogP contribution >= 0.6 is 0 Å². The lowest BCUT2D eigenvalue weighted by Gasteiger charge is -2.27. The lowest BCUT2D eigenvalue weighted by molar-refractivity contribution is -0.148. The molecule has 3 unspecified atom stereocenters. The van der Waals surface area contributed by atoms with Crippen LogP contribution in [0.3, 0.4) is 0 Å². The van der Waals surface area contributed by atoms with Crippen LogP contribution in [0.2, 0.25) is 0 Å². The van der Waals surface area contributed by atoms with Crippen LogP contribution < -0.4 is 5.32 Å². The van der Waals surface area contributed by atoms with E-state index in [-0.39, 0.29) is 25.0 Å². The van der Waals surface area contributed by atoms with Crippen molar-refractivity contribution in [2.24, 2.45) is 0 Å². The number of carbonyl (C=O) groups is 3. The molecule has 1 aliphatic heterocycles. The highest BCUT2D eigenvalue weighted by Gasteiger charge is 2.35. The Morgan fingerprint density at radius 2 is 1.76 bits per heavy atom. The smallest absolute Gasteiger partial charge is 0.323 e. The molecule has 0 saturated carbocycles. The third-order valence-electron chi connectivity index (χ3n) is 5.99. The van der Waals surface area contributed by atoms with Gasteiger partial charge in [-0.15, -0.1) is 0 Å². The Balaban J connectivity index is 1.77. The second-order valence-corrected chi connectivity index (χ2v) is 8.35. The van der Waals surface area contributed by atoms with Gasteiger partial charge in [-0.1, -0.05) is 60.7 Å². The number of carbonyl (C=O) groups excluding carboxylic acids is 2. The van der Waals surface area contributed by atoms with Gasteiger partial charge >= 0.3 is 11.9 Å². The van der Waals surface area contributed by atoms with E-state index in [1.165, 1.54) is 4.90 Å². The van der Waals surface area contributed by atoms with Crippen molar-refractivity contribution >= 4 is 17.8 Å². The maximum absolute atomic E-state index is 13.3. The van der Waals surface area contributed by atoms with E-state index in [2.05, 4.69) is 5.32 Å². The molecule has 2 aromatic carbocycles. The summed E-state index contributed by atoms with van der Waals surface area (Å²) in [5.74, 6) is -1.70. The number of ether oxygens (including phenoxy) is 1. The molecule has 1 fully saturated rings. The SMILES string of the molecule is CCOC(=O)C(CCc1ccccc1)NC1CCC(c2ccccc2)CN(CC(=O)O)C1=O. The van der Waals surface area contributed by atoms with Crippen molar-refractivity contribution < 1.29 is 24.2 Å². The van der Waals surface area contributed by atoms with Gasteiger partial charge in [-0.3, -0.25) is 19.7 Å². The molecule has 0 spiro atoms. The van der Waals surface area contributed by atoms with Crippen molar-refractivity contribution in [3.8, 4) is 0 Å². The van der Waals surface area contributed by atoms with Crippen molar-refractivity contribution in [2.75, 3.05) is 19.7 Å². The number of rotatable bonds is 10. The van der Waals surface area contributed by atoms with Crippen molar-refractivity contribution in [1.29, 1.82) is 0 Å². The zero-order chi connectivity index (χ0) is 23.6. The standard InChI is InChI=1S/C26H32N2O5/c1-2-33-26(32)23(15-13-19-9-5-3-6-10-19)27-22-16-14-21(20-11-7-4-8-12-20)17-28(25(22)31)18-24(29)30/h3-12,21-23,27H,2,13-18H2,1H3,(H,29,30). The highest BCUT2D eigenvalue weighted by molar-refractivity contribution is 5.86. The van der Waals surface area contributed by atoms with E-state index in [0.717, 1.165) is 11.1 Å². The highest BCUT2D eigenvalue weighted by atomic mass is 16.5. The number of esters is 1. The number of nitrogens with zero attached hydrogens (tertiary/aromatic N) is 1. The Labute approximate surface area is 194 Å². The first-order valence-corrected chi connectivity index (χ1v) is 11.5. The van der Waals surface area contributed by atoms with Gasteiger partial charge < -0.3 is 14.7 Å². The molecule has 176 valence electrons. The average molecular weight is 453 g/mol. The fourth-order valence-electron chi connectivity index (χ4n) is 4.33. The number of benzene rings is 2. The highest BCUT2D eigenvalue weighted by Crippen LogP contribution is 2.27. The fraction of sp³-hybridized carbons (Fsp3) is 0.423. The number of hydrogen-bond acceptors (Lipinski definition) is 5. The monoisotopic (exact) mass is 452 g/mol. The van der Waals surface area contributed by atoms with E-state index in [4.69, 9.17) is 4.74 Å². The van der Waals surface area contributed by atoms with E-state index < -0.39 is 24.0 Å². The second-order valence-electron chi connectivity index (χ2n) is 8.35. The predicted molar refractivity (Wildman–Crippen MR) is 125 cm³/mol. The van der Waals surface area contributed by atoms with Crippen LogP contribution in [-0.4, -0.2) is 59.6 Å². The summed E-state index contributed by atoms with van der Waals surface area (Å²) >= 11 is 0. The van der Waals surface area contributed by atoms with Crippen LogP contribution in [0.1, 0.15) is 43.2 Å². The van der Waals surface area contributed by atoms with E-state index in [0.29, 0.717) is 32.2 Å². The number of hydrogen-bond donors (Lipinski definition) is 2. The molecule has 7 heteroatoms. The van der Waals surface area contributed by atoms with Crippen LogP contribution in [0.25, 0.3) is 0 Å². The number of aryl methyl sites for hydroxylation is 1. The third kappa shape index (κ3) is 7.15. The quantitative estimate of drug-likeness (QED) is 0.538. The van der Waals surface area contributed by atoms with Gasteiger partial charge in [0.15, 0.2) is 0 Å². The topological polar surface area (TPSA) is 95.9 Å². The van der Waals surface area contributed by atoms with Crippen molar-refractivity contribution in [3.63, 3.8) is 0 Å². The Bertz CT molecular complexity index is 919. The number of aliphatic carboxylic acids is 1. The van der Waals surface area contributed by atoms with Gasteiger partial charge in [0.05, 0.1) is 12.6 Å². The molecule has 0 bridgehead atoms. The van der Waals surface area contributed by atoms with E-state index in [9.17, 15) is 19.5 Å². The van der Waals surface area contributed by atoms with Gasteiger partial charge in [-0.05, 0) is 43.7 Å². The largest absolute Gasteiger partial charge is 0.480 e. The lowest BCUT2D eigenvalue weighted by atomic mass is 9.93. The molecule has 3 atom stereocenters. The first-order valence-electron chi connectivity index (χ1n) is 11.5. The van der Waals surface area contributed by atoms with Crippen molar-refractivity contribution in [1.82, 2.24) is 10.2 Å². The Kier molecular flexibility index (Phi) is 9.01. The second kappa shape index (κ2) is 12.2. The molecule has 0 aliphatic carbocycles. The van der Waals surface area contributed by atoms with Gasteiger partial charge in [0.2, 0.25) is 5.91 Å². The summed E-state index contributed by atoms with van der Waals surface area (Å²) in [6.45, 7) is 1.97. The molecule has 33 heavy (non-hydrogen) atoms. The van der Waals surface area contributed by atoms with Crippen LogP contribution in [0.4, 0.5) is 0 Å². The summed E-state index contributed by atoms with van der Waals surface area (Å²) in [7, 11) is 0. The number of nitrogens with one attached hydrogen (secondary N) is 1. The molecule has 1 amide bonds. The zero-order valence-corrected chi connectivity index (χ0v) is 19.0. The maximum Gasteiger partial charge on any atom is 0.323 e. The molecule has 0 aromatic heterocycles. The summed E-state index contributed by atoms with van der Waals surface area (Å²) in [5.41, 5.74) is 2.17. The van der Waals surface area contributed by atoms with Crippen molar-refractivity contribution in [2.45, 2.75) is 50.6 Å². The van der Waals surface area contributed by atoms with E-state index in [1.54, 1.807) is 6.92 Å². The maximum atomic E-state index is 13.3. The minimum absolute atomic E-state index is 0.0339. The molecule has 0 radical (unpaired) electrons. The van der Waals surface area contributed by atoms with Gasteiger partial charge in [0.1, 0.15) is 12.6 Å². The average Bonchev–Trinajstić information content (AvgIpc) is 2.96. The summed E-state index contributed by atoms with van der Waals surface area (Å²) in [6, 6.07) is 18.4. The normalized spacial score (nSPS) is 19.5. The summed E-state index contributed by atoms with van der Waals surface area (Å²) in [5, 5.41) is 12.6. The number of carboxylic acids is 1. The Morgan fingerprint density at radius 1 is 1.09 bits per heavy atom. The first-order chi connectivity index (χ1) is 16.0. The lowest BCUT2D eigenvalue weighted by Crippen LogP contribution is -2.52. The molecule has 2 N–H and O–H groups in total. The van der Waals surface area contributed by atoms with Crippen LogP contribution in [-0.2, 0) is 25.5 Å². The molecule has 1 aliphatic rings. The minimum Gasteiger partial charge on any atom is -0.480 e. The van der Waals surface area contributed by atoms with Gasteiger partial charge in [-0.2, -0.15) is 0 Å². The molecule has 2 aromatic rings. The van der Waals surface area contributed by atoms with Gasteiger partial charge in [0.25, 0.3) is 0 Å². The number of likely N-dealkylation sites (tertiary alicyclic amines) is 1. The molecule has 7 nitrogen and oxygen atoms in total. The summed E-state index contributed by atoms with van der Waals surface area (Å²) < 4.78 is 5.26. The van der Waals surface area contributed by atoms with Crippen molar-refractivity contribution in [3.05, 3.63) is 71.8 Å². The molecular formula is C26H32N2O5. The Hall–Kier alpha value is -3.19.